The largest absolute Gasteiger partial charge is 0.359 e. The summed E-state index contributed by atoms with van der Waals surface area (Å²) in [4.78, 5) is 7.47. The lowest BCUT2D eigenvalue weighted by Crippen LogP contribution is -1.82. The third kappa shape index (κ3) is 1.42. The Morgan fingerprint density at radius 1 is 1.33 bits per heavy atom. The second-order valence-electron chi connectivity index (χ2n) is 1.40. The molecule has 0 aliphatic rings. The standard InChI is InChI=1S/C6H5N3/c7-2-1-6-3-8-5-9-4-6/h3-5H,7H2. The summed E-state index contributed by atoms with van der Waals surface area (Å²) in [6.45, 7) is 0. The maximum absolute atomic E-state index is 4.94. The van der Waals surface area contributed by atoms with Gasteiger partial charge in [0.1, 0.15) is 6.33 Å². The first kappa shape index (κ1) is 5.57. The molecule has 0 aliphatic carbocycles. The van der Waals surface area contributed by atoms with Crippen LogP contribution in [0.4, 0.5) is 0 Å². The van der Waals surface area contributed by atoms with Crippen LogP contribution in [-0.4, -0.2) is 9.97 Å². The molecule has 0 unspecified atom stereocenters. The summed E-state index contributed by atoms with van der Waals surface area (Å²) in [6.07, 6.45) is 4.65. The molecule has 0 spiro atoms. The lowest BCUT2D eigenvalue weighted by Gasteiger charge is -1.82. The van der Waals surface area contributed by atoms with Crippen LogP contribution in [0.2, 0.25) is 0 Å². The van der Waals surface area contributed by atoms with Crippen LogP contribution >= 0.6 is 0 Å². The molecule has 2 N–H and O–H groups in total. The molecular formula is C6H5N3. The van der Waals surface area contributed by atoms with Gasteiger partial charge >= 0.3 is 0 Å². The van der Waals surface area contributed by atoms with Gasteiger partial charge in [-0.05, 0) is 5.92 Å². The van der Waals surface area contributed by atoms with Crippen molar-refractivity contribution in [2.24, 2.45) is 5.73 Å². The Bertz CT molecular complexity index is 231. The van der Waals surface area contributed by atoms with E-state index >= 15 is 0 Å². The summed E-state index contributed by atoms with van der Waals surface area (Å²) in [5.74, 6) is 2.61. The number of aromatic nitrogens is 2. The summed E-state index contributed by atoms with van der Waals surface area (Å²) in [7, 11) is 0. The Labute approximate surface area is 52.9 Å². The second-order valence-corrected chi connectivity index (χ2v) is 1.40. The first-order valence-corrected chi connectivity index (χ1v) is 2.40. The third-order valence-electron chi connectivity index (χ3n) is 0.777. The lowest BCUT2D eigenvalue weighted by molar-refractivity contribution is 1.16. The van der Waals surface area contributed by atoms with Crippen LogP contribution in [0.5, 0.6) is 0 Å². The zero-order chi connectivity index (χ0) is 6.53. The Morgan fingerprint density at radius 2 is 2.00 bits per heavy atom. The van der Waals surface area contributed by atoms with Crippen LogP contribution in [0.15, 0.2) is 18.7 Å². The molecule has 0 aliphatic heterocycles. The van der Waals surface area contributed by atoms with Crippen molar-refractivity contribution in [3.63, 3.8) is 0 Å². The van der Waals surface area contributed by atoms with Gasteiger partial charge in [0.2, 0.25) is 0 Å². The van der Waals surface area contributed by atoms with Gasteiger partial charge in [-0.3, -0.25) is 0 Å². The van der Waals surface area contributed by atoms with Gasteiger partial charge in [-0.25, -0.2) is 9.97 Å². The molecular weight excluding hydrogens is 114 g/mol. The van der Waals surface area contributed by atoms with Crippen LogP contribution in [-0.2, 0) is 0 Å². The molecule has 0 saturated carbocycles. The smallest absolute Gasteiger partial charge is 0.115 e. The van der Waals surface area contributed by atoms with Crippen LogP contribution < -0.4 is 5.73 Å². The van der Waals surface area contributed by atoms with Crippen LogP contribution in [0, 0.1) is 12.0 Å². The van der Waals surface area contributed by atoms with Gasteiger partial charge < -0.3 is 5.73 Å². The molecule has 1 rings (SSSR count). The number of hydrogen-bond acceptors (Lipinski definition) is 3. The summed E-state index contributed by atoms with van der Waals surface area (Å²) in [5.41, 5.74) is 5.68. The summed E-state index contributed by atoms with van der Waals surface area (Å²) < 4.78 is 0. The van der Waals surface area contributed by atoms with Crippen LogP contribution in [0.25, 0.3) is 0 Å². The van der Waals surface area contributed by atoms with Gasteiger partial charge in [-0.15, -0.1) is 0 Å². The van der Waals surface area contributed by atoms with E-state index in [4.69, 9.17) is 5.73 Å². The van der Waals surface area contributed by atoms with Gasteiger partial charge in [0, 0.05) is 18.4 Å². The lowest BCUT2D eigenvalue weighted by atomic mass is 10.4. The van der Waals surface area contributed by atoms with Crippen LogP contribution in [0.3, 0.4) is 0 Å². The highest BCUT2D eigenvalue weighted by Gasteiger charge is 1.80. The van der Waals surface area contributed by atoms with Crippen molar-refractivity contribution < 1.29 is 0 Å². The fourth-order valence-corrected chi connectivity index (χ4v) is 0.447. The molecule has 0 saturated heterocycles. The molecule has 3 heteroatoms. The monoisotopic (exact) mass is 119 g/mol. The molecule has 44 valence electrons. The normalized spacial score (nSPS) is 7.56. The van der Waals surface area contributed by atoms with E-state index in [9.17, 15) is 0 Å². The highest BCUT2D eigenvalue weighted by Crippen LogP contribution is 1.85. The fourth-order valence-electron chi connectivity index (χ4n) is 0.447. The van der Waals surface area contributed by atoms with E-state index in [2.05, 4.69) is 21.9 Å². The molecule has 0 aromatic carbocycles. The molecule has 9 heavy (non-hydrogen) atoms. The maximum Gasteiger partial charge on any atom is 0.115 e. The Kier molecular flexibility index (Phi) is 1.66. The third-order valence-corrected chi connectivity index (χ3v) is 0.777. The van der Waals surface area contributed by atoms with Crippen molar-refractivity contribution in [1.29, 1.82) is 0 Å². The summed E-state index contributed by atoms with van der Waals surface area (Å²) >= 11 is 0. The molecule has 0 atom stereocenters. The van der Waals surface area contributed by atoms with Crippen molar-refractivity contribution in [2.75, 3.05) is 0 Å². The van der Waals surface area contributed by atoms with E-state index in [-0.39, 0.29) is 0 Å². The van der Waals surface area contributed by atoms with E-state index in [0.717, 1.165) is 5.56 Å². The molecule has 0 bridgehead atoms. The predicted molar refractivity (Wildman–Crippen MR) is 33.1 cm³/mol. The zero-order valence-electron chi connectivity index (χ0n) is 4.70. The zero-order valence-corrected chi connectivity index (χ0v) is 4.70. The Morgan fingerprint density at radius 3 is 2.56 bits per heavy atom. The maximum atomic E-state index is 4.94. The molecule has 0 radical (unpaired) electrons. The molecule has 0 amide bonds. The van der Waals surface area contributed by atoms with Gasteiger partial charge in [-0.1, -0.05) is 0 Å². The first-order valence-electron chi connectivity index (χ1n) is 2.40. The summed E-state index contributed by atoms with van der Waals surface area (Å²) in [6, 6.07) is 2.25. The number of nitrogens with two attached hydrogens (primary N) is 1. The van der Waals surface area contributed by atoms with E-state index in [1.54, 1.807) is 12.4 Å². The number of rotatable bonds is 0. The Hall–Kier alpha value is -1.56. The predicted octanol–water partition coefficient (Wildman–Crippen LogP) is -0.256. The molecule has 3 nitrogen and oxygen atoms in total. The van der Waals surface area contributed by atoms with Crippen molar-refractivity contribution >= 4 is 0 Å². The highest BCUT2D eigenvalue weighted by atomic mass is 14.8. The second kappa shape index (κ2) is 2.68. The average molecular weight is 119 g/mol. The van der Waals surface area contributed by atoms with E-state index in [0.29, 0.717) is 0 Å². The topological polar surface area (TPSA) is 51.8 Å². The van der Waals surface area contributed by atoms with Gasteiger partial charge in [0.05, 0.1) is 5.56 Å². The van der Waals surface area contributed by atoms with Crippen molar-refractivity contribution in [3.05, 3.63) is 24.3 Å². The van der Waals surface area contributed by atoms with Crippen molar-refractivity contribution in [3.8, 4) is 12.0 Å². The number of nitrogens with zero attached hydrogens (tertiary/aromatic N) is 2. The first-order chi connectivity index (χ1) is 4.43. The SMILES string of the molecule is NC#Cc1cncnc1. The van der Waals surface area contributed by atoms with E-state index in [1.807, 2.05) is 0 Å². The minimum atomic E-state index is 0.736. The quantitative estimate of drug-likeness (QED) is 0.378. The summed E-state index contributed by atoms with van der Waals surface area (Å²) in [5, 5.41) is 0. The van der Waals surface area contributed by atoms with Crippen molar-refractivity contribution in [1.82, 2.24) is 9.97 Å². The minimum Gasteiger partial charge on any atom is -0.359 e. The van der Waals surface area contributed by atoms with E-state index in [1.165, 1.54) is 6.33 Å². The van der Waals surface area contributed by atoms with Crippen molar-refractivity contribution in [2.45, 2.75) is 0 Å². The minimum absolute atomic E-state index is 0.736. The van der Waals surface area contributed by atoms with E-state index < -0.39 is 0 Å². The molecule has 1 heterocycles. The molecule has 1 aromatic rings. The van der Waals surface area contributed by atoms with Gasteiger partial charge in [0.25, 0.3) is 0 Å². The highest BCUT2D eigenvalue weighted by molar-refractivity contribution is 5.27. The fraction of sp³-hybridized carbons (Fsp3) is 0. The van der Waals surface area contributed by atoms with Gasteiger partial charge in [-0.2, -0.15) is 0 Å². The van der Waals surface area contributed by atoms with Gasteiger partial charge in [0.15, 0.2) is 0 Å². The van der Waals surface area contributed by atoms with Crippen LogP contribution in [0.1, 0.15) is 5.56 Å². The average Bonchev–Trinajstić information content (AvgIpc) is 1.91. The number of hydrogen-bond donors (Lipinski definition) is 1. The molecule has 0 fully saturated rings. The molecule has 1 aromatic heterocycles. The Balaban J connectivity index is 2.94.